The Bertz CT molecular complexity index is 1450. The molecule has 1 aromatic heterocycles. The van der Waals surface area contributed by atoms with Crippen molar-refractivity contribution in [2.75, 3.05) is 16.3 Å². The summed E-state index contributed by atoms with van der Waals surface area (Å²) in [6, 6.07) is 17.0. The molecule has 0 spiro atoms. The van der Waals surface area contributed by atoms with Gasteiger partial charge in [0.1, 0.15) is 5.82 Å². The molecule has 0 saturated heterocycles. The van der Waals surface area contributed by atoms with Crippen molar-refractivity contribution >= 4 is 39.1 Å². The number of amides is 1. The van der Waals surface area contributed by atoms with Gasteiger partial charge in [-0.3, -0.25) is 14.1 Å². The van der Waals surface area contributed by atoms with Gasteiger partial charge in [-0.2, -0.15) is 0 Å². The fourth-order valence-corrected chi connectivity index (χ4v) is 5.19. The number of aromatic nitrogens is 2. The summed E-state index contributed by atoms with van der Waals surface area (Å²) in [5.74, 6) is -1.08. The third kappa shape index (κ3) is 4.97. The molecule has 0 fully saturated rings. The monoisotopic (exact) mass is 496 g/mol. The van der Waals surface area contributed by atoms with Crippen molar-refractivity contribution in [3.63, 3.8) is 0 Å². The van der Waals surface area contributed by atoms with Crippen LogP contribution in [0.3, 0.4) is 0 Å². The molecule has 1 heterocycles. The van der Waals surface area contributed by atoms with Gasteiger partial charge in [0.05, 0.1) is 10.6 Å². The van der Waals surface area contributed by atoms with Crippen LogP contribution in [0.25, 0.3) is 5.69 Å². The van der Waals surface area contributed by atoms with Crippen LogP contribution in [-0.2, 0) is 10.0 Å². The molecule has 4 aromatic rings. The standard InChI is InChI=1S/C24H21FN4O3S2/c1-16-7-10-18(15-22(16)34(31,32)28-21-6-4-3-5-20(21)25)27-23(30)17-8-11-19(12-9-17)29-14-13-26-24(29)33-2/h3-15,28H,1-2H3,(H,27,30). The molecule has 1 amide bonds. The molecule has 4 rings (SSSR count). The maximum absolute atomic E-state index is 13.9. The molecule has 0 aliphatic carbocycles. The Morgan fingerprint density at radius 2 is 1.79 bits per heavy atom. The molecule has 0 saturated carbocycles. The zero-order chi connectivity index (χ0) is 24.3. The van der Waals surface area contributed by atoms with Crippen LogP contribution >= 0.6 is 11.8 Å². The third-order valence-corrected chi connectivity index (χ3v) is 7.23. The van der Waals surface area contributed by atoms with Crippen molar-refractivity contribution < 1.29 is 17.6 Å². The Hall–Kier alpha value is -3.63. The average molecular weight is 497 g/mol. The smallest absolute Gasteiger partial charge is 0.262 e. The largest absolute Gasteiger partial charge is 0.322 e. The van der Waals surface area contributed by atoms with Gasteiger partial charge >= 0.3 is 0 Å². The number of thioether (sulfide) groups is 1. The molecule has 174 valence electrons. The lowest BCUT2D eigenvalue weighted by Gasteiger charge is -2.13. The Morgan fingerprint density at radius 1 is 1.06 bits per heavy atom. The Morgan fingerprint density at radius 3 is 2.50 bits per heavy atom. The second-order valence-corrected chi connectivity index (χ2v) is 9.77. The molecule has 0 aliphatic rings. The molecule has 34 heavy (non-hydrogen) atoms. The third-order valence-electron chi connectivity index (χ3n) is 5.05. The van der Waals surface area contributed by atoms with Crippen LogP contribution in [0.5, 0.6) is 0 Å². The minimum absolute atomic E-state index is 0.0615. The van der Waals surface area contributed by atoms with Gasteiger partial charge in [0.2, 0.25) is 0 Å². The highest BCUT2D eigenvalue weighted by molar-refractivity contribution is 7.98. The SMILES string of the molecule is CSc1nccn1-c1ccc(C(=O)Nc2ccc(C)c(S(=O)(=O)Nc3ccccc3F)c2)cc1. The van der Waals surface area contributed by atoms with E-state index in [2.05, 4.69) is 15.0 Å². The van der Waals surface area contributed by atoms with Crippen molar-refractivity contribution in [1.82, 2.24) is 9.55 Å². The van der Waals surface area contributed by atoms with E-state index in [9.17, 15) is 17.6 Å². The fourth-order valence-electron chi connectivity index (χ4n) is 3.33. The highest BCUT2D eigenvalue weighted by atomic mass is 32.2. The number of rotatable bonds is 7. The quantitative estimate of drug-likeness (QED) is 0.348. The summed E-state index contributed by atoms with van der Waals surface area (Å²) >= 11 is 1.51. The number of benzene rings is 3. The molecular formula is C24H21FN4O3S2. The molecule has 7 nitrogen and oxygen atoms in total. The highest BCUT2D eigenvalue weighted by Crippen LogP contribution is 2.25. The molecule has 0 unspecified atom stereocenters. The summed E-state index contributed by atoms with van der Waals surface area (Å²) in [6.45, 7) is 1.62. The number of sulfonamides is 1. The van der Waals surface area contributed by atoms with Crippen LogP contribution in [0, 0.1) is 12.7 Å². The first-order valence-corrected chi connectivity index (χ1v) is 12.9. The van der Waals surface area contributed by atoms with Gasteiger partial charge < -0.3 is 5.32 Å². The first-order valence-electron chi connectivity index (χ1n) is 10.2. The van der Waals surface area contributed by atoms with Gasteiger partial charge in [-0.05, 0) is 67.3 Å². The minimum Gasteiger partial charge on any atom is -0.322 e. The van der Waals surface area contributed by atoms with E-state index in [4.69, 9.17) is 0 Å². The van der Waals surface area contributed by atoms with E-state index >= 15 is 0 Å². The van der Waals surface area contributed by atoms with Gasteiger partial charge in [0.15, 0.2) is 5.16 Å². The number of imidazole rings is 1. The van der Waals surface area contributed by atoms with Crippen molar-refractivity contribution in [1.29, 1.82) is 0 Å². The predicted molar refractivity (Wildman–Crippen MR) is 132 cm³/mol. The summed E-state index contributed by atoms with van der Waals surface area (Å²) in [5.41, 5.74) is 1.87. The average Bonchev–Trinajstić information content (AvgIpc) is 3.30. The topological polar surface area (TPSA) is 93.1 Å². The van der Waals surface area contributed by atoms with Crippen molar-refractivity contribution in [2.45, 2.75) is 17.0 Å². The lowest BCUT2D eigenvalue weighted by Crippen LogP contribution is -2.17. The van der Waals surface area contributed by atoms with Gasteiger partial charge in [0.25, 0.3) is 15.9 Å². The maximum Gasteiger partial charge on any atom is 0.262 e. The van der Waals surface area contributed by atoms with Gasteiger partial charge in [0, 0.05) is 29.3 Å². The number of aryl methyl sites for hydroxylation is 1. The van der Waals surface area contributed by atoms with Crippen molar-refractivity contribution in [3.05, 3.63) is 96.1 Å². The summed E-state index contributed by atoms with van der Waals surface area (Å²) in [7, 11) is -4.08. The van der Waals surface area contributed by atoms with Crippen LogP contribution in [0.2, 0.25) is 0 Å². The number of hydrogen-bond acceptors (Lipinski definition) is 5. The predicted octanol–water partition coefficient (Wildman–Crippen LogP) is 5.09. The lowest BCUT2D eigenvalue weighted by molar-refractivity contribution is 0.102. The minimum atomic E-state index is -4.08. The summed E-state index contributed by atoms with van der Waals surface area (Å²) in [6.07, 6.45) is 5.48. The van der Waals surface area contributed by atoms with Crippen LogP contribution in [0.4, 0.5) is 15.8 Å². The second kappa shape index (κ2) is 9.70. The number of para-hydroxylation sites is 1. The van der Waals surface area contributed by atoms with E-state index in [1.54, 1.807) is 49.5 Å². The van der Waals surface area contributed by atoms with E-state index in [1.807, 2.05) is 17.0 Å². The van der Waals surface area contributed by atoms with Crippen molar-refractivity contribution in [2.24, 2.45) is 0 Å². The van der Waals surface area contributed by atoms with E-state index in [0.29, 0.717) is 16.8 Å². The van der Waals surface area contributed by atoms with Gasteiger partial charge in [-0.15, -0.1) is 0 Å². The summed E-state index contributed by atoms with van der Waals surface area (Å²) < 4.78 is 43.9. The maximum atomic E-state index is 13.9. The number of carbonyl (C=O) groups is 1. The molecule has 0 atom stereocenters. The Labute approximate surface area is 201 Å². The molecule has 0 aliphatic heterocycles. The van der Waals surface area contributed by atoms with Crippen LogP contribution in [0.15, 0.2) is 89.2 Å². The Balaban J connectivity index is 1.54. The zero-order valence-electron chi connectivity index (χ0n) is 18.3. The second-order valence-electron chi connectivity index (χ2n) is 7.35. The zero-order valence-corrected chi connectivity index (χ0v) is 20.0. The number of nitrogens with zero attached hydrogens (tertiary/aromatic N) is 2. The Kier molecular flexibility index (Phi) is 6.71. The first-order chi connectivity index (χ1) is 16.3. The number of hydrogen-bond donors (Lipinski definition) is 2. The first kappa shape index (κ1) is 23.5. The lowest BCUT2D eigenvalue weighted by atomic mass is 10.1. The molecular weight excluding hydrogens is 475 g/mol. The summed E-state index contributed by atoms with van der Waals surface area (Å²) in [5, 5.41) is 3.55. The number of halogens is 1. The van der Waals surface area contributed by atoms with Crippen LogP contribution in [-0.4, -0.2) is 30.1 Å². The van der Waals surface area contributed by atoms with E-state index in [0.717, 1.165) is 10.8 Å². The van der Waals surface area contributed by atoms with E-state index < -0.39 is 21.7 Å². The summed E-state index contributed by atoms with van der Waals surface area (Å²) in [4.78, 5) is 17.0. The number of carbonyl (C=O) groups excluding carboxylic acids is 1. The molecule has 3 aromatic carbocycles. The van der Waals surface area contributed by atoms with Gasteiger partial charge in [-0.1, -0.05) is 30.0 Å². The normalized spacial score (nSPS) is 11.3. The molecule has 2 N–H and O–H groups in total. The van der Waals surface area contributed by atoms with Crippen LogP contribution in [0.1, 0.15) is 15.9 Å². The van der Waals surface area contributed by atoms with Gasteiger partial charge in [-0.25, -0.2) is 17.8 Å². The fraction of sp³-hybridized carbons (Fsp3) is 0.0833. The highest BCUT2D eigenvalue weighted by Gasteiger charge is 2.20. The van der Waals surface area contributed by atoms with Crippen molar-refractivity contribution in [3.8, 4) is 5.69 Å². The number of nitrogens with one attached hydrogen (secondary N) is 2. The van der Waals surface area contributed by atoms with E-state index in [-0.39, 0.29) is 10.6 Å². The number of anilines is 2. The van der Waals surface area contributed by atoms with E-state index in [1.165, 1.54) is 42.1 Å². The molecule has 0 radical (unpaired) electrons. The molecule has 0 bridgehead atoms. The van der Waals surface area contributed by atoms with Crippen LogP contribution < -0.4 is 10.0 Å². The molecule has 10 heteroatoms.